The third kappa shape index (κ3) is 3.44. The first-order valence-corrected chi connectivity index (χ1v) is 8.91. The Kier molecular flexibility index (Phi) is 4.85. The molecule has 3 aromatic rings. The molecule has 1 N–H and O–H groups in total. The molecule has 4 rings (SSSR count). The van der Waals surface area contributed by atoms with Gasteiger partial charge in [-0.1, -0.05) is 23.4 Å². The van der Waals surface area contributed by atoms with Crippen LogP contribution in [0.2, 0.25) is 0 Å². The van der Waals surface area contributed by atoms with Gasteiger partial charge in [-0.05, 0) is 36.8 Å². The molecule has 3 amide bonds. The van der Waals surface area contributed by atoms with Crippen LogP contribution in [-0.2, 0) is 9.53 Å². The first-order valence-electron chi connectivity index (χ1n) is 8.91. The van der Waals surface area contributed by atoms with Gasteiger partial charge in [-0.15, -0.1) is 0 Å². The van der Waals surface area contributed by atoms with Crippen molar-refractivity contribution in [3.63, 3.8) is 0 Å². The maximum absolute atomic E-state index is 12.9. The van der Waals surface area contributed by atoms with E-state index < -0.39 is 30.3 Å². The van der Waals surface area contributed by atoms with E-state index in [-0.39, 0.29) is 22.5 Å². The normalized spacial score (nSPS) is 12.6. The molecule has 30 heavy (non-hydrogen) atoms. The molecule has 0 fully saturated rings. The number of hydrogen-bond donors (Lipinski definition) is 1. The van der Waals surface area contributed by atoms with Gasteiger partial charge >= 0.3 is 5.97 Å². The highest BCUT2D eigenvalue weighted by molar-refractivity contribution is 6.34. The summed E-state index contributed by atoms with van der Waals surface area (Å²) in [6.07, 6.45) is 1.28. The van der Waals surface area contributed by atoms with Crippen molar-refractivity contribution in [3.8, 4) is 0 Å². The van der Waals surface area contributed by atoms with Gasteiger partial charge in [0.15, 0.2) is 12.4 Å². The fourth-order valence-electron chi connectivity index (χ4n) is 3.07. The molecule has 9 nitrogen and oxygen atoms in total. The minimum atomic E-state index is -0.803. The quantitative estimate of drug-likeness (QED) is 0.512. The van der Waals surface area contributed by atoms with Gasteiger partial charge in [0, 0.05) is 6.07 Å². The number of benzene rings is 2. The minimum absolute atomic E-state index is 0.0516. The van der Waals surface area contributed by atoms with E-state index in [0.717, 1.165) is 10.5 Å². The second kappa shape index (κ2) is 7.63. The number of hydrogen-bond acceptors (Lipinski definition) is 7. The van der Waals surface area contributed by atoms with E-state index in [9.17, 15) is 19.2 Å². The highest BCUT2D eigenvalue weighted by Crippen LogP contribution is 2.31. The number of imide groups is 1. The Bertz CT molecular complexity index is 1170. The zero-order valence-electron chi connectivity index (χ0n) is 15.7. The fraction of sp³-hybridized carbons (Fsp3) is 0.0952. The van der Waals surface area contributed by atoms with Crippen LogP contribution in [0.4, 0.5) is 11.5 Å². The van der Waals surface area contributed by atoms with Crippen LogP contribution in [0, 0.1) is 6.92 Å². The molecule has 1 aliphatic heterocycles. The van der Waals surface area contributed by atoms with Crippen molar-refractivity contribution in [2.75, 3.05) is 16.8 Å². The molecule has 2 aromatic carbocycles. The van der Waals surface area contributed by atoms with Gasteiger partial charge in [0.2, 0.25) is 0 Å². The SMILES string of the molecule is Cc1ccccc1N1C(=O)c2ccc(C(=O)OCC(=O)Nc3ccon3)cc2C1=O. The van der Waals surface area contributed by atoms with Crippen LogP contribution in [0.1, 0.15) is 36.6 Å². The van der Waals surface area contributed by atoms with E-state index in [1.807, 2.05) is 6.07 Å². The number of nitrogens with zero attached hydrogens (tertiary/aromatic N) is 2. The number of ether oxygens (including phenoxy) is 1. The fourth-order valence-corrected chi connectivity index (χ4v) is 3.07. The average Bonchev–Trinajstić information content (AvgIpc) is 3.33. The lowest BCUT2D eigenvalue weighted by atomic mass is 10.1. The number of amides is 3. The standard InChI is InChI=1S/C21H15N3O6/c1-12-4-2-3-5-16(12)24-19(26)14-7-6-13(10-15(14)20(24)27)21(28)29-11-18(25)22-17-8-9-30-23-17/h2-10H,11H2,1H3,(H,22,23,25). The summed E-state index contributed by atoms with van der Waals surface area (Å²) in [5.41, 5.74) is 1.60. The molecule has 1 aromatic heterocycles. The van der Waals surface area contributed by atoms with E-state index in [1.165, 1.54) is 30.5 Å². The Labute approximate surface area is 170 Å². The largest absolute Gasteiger partial charge is 0.452 e. The number of fused-ring (bicyclic) bond motifs is 1. The molecule has 9 heteroatoms. The number of carbonyl (C=O) groups is 4. The molecule has 0 radical (unpaired) electrons. The van der Waals surface area contributed by atoms with E-state index in [2.05, 4.69) is 15.0 Å². The number of anilines is 2. The Morgan fingerprint density at radius 3 is 2.57 bits per heavy atom. The summed E-state index contributed by atoms with van der Waals surface area (Å²) in [7, 11) is 0. The molecule has 2 heterocycles. The first-order chi connectivity index (χ1) is 14.5. The molecule has 1 aliphatic rings. The smallest absolute Gasteiger partial charge is 0.338 e. The van der Waals surface area contributed by atoms with Crippen molar-refractivity contribution in [1.29, 1.82) is 0 Å². The van der Waals surface area contributed by atoms with Crippen LogP contribution in [0.3, 0.4) is 0 Å². The van der Waals surface area contributed by atoms with E-state index in [1.54, 1.807) is 25.1 Å². The van der Waals surface area contributed by atoms with Gasteiger partial charge in [0.1, 0.15) is 6.26 Å². The number of para-hydroxylation sites is 1. The molecule has 0 spiro atoms. The van der Waals surface area contributed by atoms with E-state index in [4.69, 9.17) is 4.74 Å². The van der Waals surface area contributed by atoms with Gasteiger partial charge in [-0.3, -0.25) is 14.4 Å². The third-order valence-electron chi connectivity index (χ3n) is 4.52. The van der Waals surface area contributed by atoms with Crippen molar-refractivity contribution >= 4 is 35.2 Å². The second-order valence-electron chi connectivity index (χ2n) is 6.50. The molecule has 0 unspecified atom stereocenters. The van der Waals surface area contributed by atoms with Crippen molar-refractivity contribution in [2.45, 2.75) is 6.92 Å². The average molecular weight is 405 g/mol. The van der Waals surface area contributed by atoms with Crippen LogP contribution in [-0.4, -0.2) is 35.5 Å². The number of carbonyl (C=O) groups excluding carboxylic acids is 4. The van der Waals surface area contributed by atoms with Crippen LogP contribution in [0.5, 0.6) is 0 Å². The summed E-state index contributed by atoms with van der Waals surface area (Å²) in [6, 6.07) is 12.5. The summed E-state index contributed by atoms with van der Waals surface area (Å²) in [5, 5.41) is 5.90. The molecule has 0 bridgehead atoms. The zero-order chi connectivity index (χ0) is 21.3. The lowest BCUT2D eigenvalue weighted by Crippen LogP contribution is -2.29. The molecular formula is C21H15N3O6. The summed E-state index contributed by atoms with van der Waals surface area (Å²) >= 11 is 0. The minimum Gasteiger partial charge on any atom is -0.452 e. The van der Waals surface area contributed by atoms with Gasteiger partial charge in [0.05, 0.1) is 22.4 Å². The number of aromatic nitrogens is 1. The van der Waals surface area contributed by atoms with E-state index in [0.29, 0.717) is 5.69 Å². The number of aryl methyl sites for hydroxylation is 1. The van der Waals surface area contributed by atoms with E-state index >= 15 is 0 Å². The molecule has 150 valence electrons. The lowest BCUT2D eigenvalue weighted by molar-refractivity contribution is -0.119. The summed E-state index contributed by atoms with van der Waals surface area (Å²) in [6.45, 7) is 1.25. The van der Waals surface area contributed by atoms with Crippen molar-refractivity contribution in [3.05, 3.63) is 77.0 Å². The maximum atomic E-state index is 12.9. The lowest BCUT2D eigenvalue weighted by Gasteiger charge is -2.16. The Balaban J connectivity index is 1.49. The highest BCUT2D eigenvalue weighted by atomic mass is 16.5. The summed E-state index contributed by atoms with van der Waals surface area (Å²) in [4.78, 5) is 50.7. The third-order valence-corrected chi connectivity index (χ3v) is 4.52. The van der Waals surface area contributed by atoms with Crippen LogP contribution >= 0.6 is 0 Å². The topological polar surface area (TPSA) is 119 Å². The molecular weight excluding hydrogens is 390 g/mol. The zero-order valence-corrected chi connectivity index (χ0v) is 15.7. The predicted molar refractivity (Wildman–Crippen MR) is 104 cm³/mol. The predicted octanol–water partition coefficient (Wildman–Crippen LogP) is 2.58. The summed E-state index contributed by atoms with van der Waals surface area (Å²) < 4.78 is 9.56. The van der Waals surface area contributed by atoms with Gasteiger partial charge in [0.25, 0.3) is 17.7 Å². The monoisotopic (exact) mass is 405 g/mol. The van der Waals surface area contributed by atoms with Crippen LogP contribution in [0.15, 0.2) is 59.3 Å². The van der Waals surface area contributed by atoms with Crippen molar-refractivity contribution < 1.29 is 28.4 Å². The number of esters is 1. The van der Waals surface area contributed by atoms with Crippen molar-refractivity contribution in [1.82, 2.24) is 5.16 Å². The first kappa shape index (κ1) is 19.1. The Hall–Kier alpha value is -4.27. The van der Waals surface area contributed by atoms with Gasteiger partial charge in [-0.25, -0.2) is 9.69 Å². The molecule has 0 aliphatic carbocycles. The number of rotatable bonds is 5. The van der Waals surface area contributed by atoms with Crippen LogP contribution < -0.4 is 10.2 Å². The second-order valence-corrected chi connectivity index (χ2v) is 6.50. The van der Waals surface area contributed by atoms with Crippen LogP contribution in [0.25, 0.3) is 0 Å². The van der Waals surface area contributed by atoms with Gasteiger partial charge in [-0.2, -0.15) is 0 Å². The number of nitrogens with one attached hydrogen (secondary N) is 1. The highest BCUT2D eigenvalue weighted by Gasteiger charge is 2.37. The summed E-state index contributed by atoms with van der Waals surface area (Å²) in [5.74, 6) is -2.20. The molecule has 0 atom stereocenters. The molecule has 0 saturated heterocycles. The van der Waals surface area contributed by atoms with Gasteiger partial charge < -0.3 is 14.6 Å². The Morgan fingerprint density at radius 2 is 1.83 bits per heavy atom. The maximum Gasteiger partial charge on any atom is 0.338 e. The van der Waals surface area contributed by atoms with Crippen molar-refractivity contribution in [2.24, 2.45) is 0 Å². The Morgan fingerprint density at radius 1 is 1.07 bits per heavy atom. The molecule has 0 saturated carbocycles.